The van der Waals surface area contributed by atoms with Crippen molar-refractivity contribution >= 4 is 21.8 Å². The van der Waals surface area contributed by atoms with Crippen LogP contribution in [0.25, 0.3) is 0 Å². The fraction of sp³-hybridized carbons (Fsp3) is 0.440. The molecule has 2 N–H and O–H groups in total. The average Bonchev–Trinajstić information content (AvgIpc) is 2.76. The molecule has 0 unspecified atom stereocenters. The minimum atomic E-state index is -3.90. The normalized spacial score (nSPS) is 15.1. The summed E-state index contributed by atoms with van der Waals surface area (Å²) in [6, 6.07) is 13.3. The third-order valence-corrected chi connectivity index (χ3v) is 8.41. The predicted octanol–water partition coefficient (Wildman–Crippen LogP) is 2.57. The van der Waals surface area contributed by atoms with E-state index in [1.165, 1.54) is 4.31 Å². The smallest absolute Gasteiger partial charge is 0.244 e. The lowest BCUT2D eigenvalue weighted by Crippen LogP contribution is -2.47. The van der Waals surface area contributed by atoms with Crippen LogP contribution in [0.4, 0.5) is 0 Å². The Balaban J connectivity index is 1.85. The third-order valence-electron chi connectivity index (χ3n) is 6.26. The molecule has 3 rings (SSSR count). The maximum Gasteiger partial charge on any atom is 0.244 e. The van der Waals surface area contributed by atoms with Gasteiger partial charge in [-0.05, 0) is 56.7 Å². The quantitative estimate of drug-likeness (QED) is 0.639. The first-order valence-electron chi connectivity index (χ1n) is 11.3. The number of nitrogens with zero attached hydrogens (tertiary/aromatic N) is 2. The van der Waals surface area contributed by atoms with Gasteiger partial charge in [-0.3, -0.25) is 9.59 Å². The van der Waals surface area contributed by atoms with Crippen LogP contribution in [-0.4, -0.2) is 55.6 Å². The minimum Gasteiger partial charge on any atom is -0.369 e. The molecule has 7 nitrogen and oxygen atoms in total. The minimum absolute atomic E-state index is 0.197. The number of hydrogen-bond donors (Lipinski definition) is 1. The molecular formula is C25H33N3O4S. The number of piperidine rings is 1. The summed E-state index contributed by atoms with van der Waals surface area (Å²) in [5.74, 6) is -0.832. The van der Waals surface area contributed by atoms with Gasteiger partial charge in [0.05, 0.1) is 11.4 Å². The van der Waals surface area contributed by atoms with Crippen molar-refractivity contribution in [2.45, 2.75) is 44.9 Å². The van der Waals surface area contributed by atoms with Crippen molar-refractivity contribution in [2.75, 3.05) is 26.2 Å². The van der Waals surface area contributed by atoms with Crippen LogP contribution in [0.3, 0.4) is 0 Å². The molecule has 0 aromatic heterocycles. The van der Waals surface area contributed by atoms with Crippen LogP contribution in [0.15, 0.2) is 47.4 Å². The van der Waals surface area contributed by atoms with Gasteiger partial charge in [-0.1, -0.05) is 48.0 Å². The van der Waals surface area contributed by atoms with Gasteiger partial charge in [0.2, 0.25) is 21.8 Å². The van der Waals surface area contributed by atoms with Gasteiger partial charge in [0.25, 0.3) is 0 Å². The topological polar surface area (TPSA) is 101 Å². The Morgan fingerprint density at radius 2 is 1.61 bits per heavy atom. The number of nitrogens with two attached hydrogens (primary N) is 1. The maximum atomic E-state index is 13.8. The fourth-order valence-corrected chi connectivity index (χ4v) is 6.35. The van der Waals surface area contributed by atoms with E-state index in [4.69, 9.17) is 5.73 Å². The maximum absolute atomic E-state index is 13.8. The third kappa shape index (κ3) is 6.00. The SMILES string of the molecule is Cc1cc(C)c(S(=O)(=O)N(CCc2ccccc2)CC(=O)N2CCC(C(N)=O)CC2)c(C)c1. The number of carbonyl (C=O) groups excluding carboxylic acids is 2. The van der Waals surface area contributed by atoms with E-state index in [0.717, 1.165) is 11.1 Å². The number of sulfonamides is 1. The number of hydrogen-bond acceptors (Lipinski definition) is 4. The van der Waals surface area contributed by atoms with Crippen molar-refractivity contribution in [3.63, 3.8) is 0 Å². The molecule has 1 fully saturated rings. The highest BCUT2D eigenvalue weighted by molar-refractivity contribution is 7.89. The average molecular weight is 472 g/mol. The lowest BCUT2D eigenvalue weighted by Gasteiger charge is -2.32. The summed E-state index contributed by atoms with van der Waals surface area (Å²) < 4.78 is 28.8. The van der Waals surface area contributed by atoms with Crippen molar-refractivity contribution in [2.24, 2.45) is 11.7 Å². The summed E-state index contributed by atoms with van der Waals surface area (Å²) >= 11 is 0. The molecule has 2 amide bonds. The van der Waals surface area contributed by atoms with Crippen LogP contribution in [0, 0.1) is 26.7 Å². The summed E-state index contributed by atoms with van der Waals surface area (Å²) in [7, 11) is -3.90. The van der Waals surface area contributed by atoms with Gasteiger partial charge >= 0.3 is 0 Å². The second kappa shape index (κ2) is 10.5. The number of primary amides is 1. The number of aryl methyl sites for hydroxylation is 3. The molecule has 0 radical (unpaired) electrons. The van der Waals surface area contributed by atoms with Gasteiger partial charge in [-0.2, -0.15) is 4.31 Å². The summed E-state index contributed by atoms with van der Waals surface area (Å²) in [4.78, 5) is 26.4. The number of amides is 2. The van der Waals surface area contributed by atoms with Crippen LogP contribution in [-0.2, 0) is 26.0 Å². The highest BCUT2D eigenvalue weighted by atomic mass is 32.2. The molecule has 1 aliphatic heterocycles. The van der Waals surface area contributed by atoms with Gasteiger partial charge < -0.3 is 10.6 Å². The van der Waals surface area contributed by atoms with Gasteiger partial charge in [0, 0.05) is 25.6 Å². The van der Waals surface area contributed by atoms with Crippen LogP contribution in [0.5, 0.6) is 0 Å². The molecule has 0 spiro atoms. The summed E-state index contributed by atoms with van der Waals surface area (Å²) in [6.07, 6.45) is 1.52. The molecular weight excluding hydrogens is 438 g/mol. The molecule has 33 heavy (non-hydrogen) atoms. The van der Waals surface area contributed by atoms with Crippen molar-refractivity contribution < 1.29 is 18.0 Å². The molecule has 178 valence electrons. The van der Waals surface area contributed by atoms with Gasteiger partial charge in [-0.15, -0.1) is 0 Å². The van der Waals surface area contributed by atoms with E-state index in [0.29, 0.717) is 43.5 Å². The van der Waals surface area contributed by atoms with Crippen LogP contribution in [0.2, 0.25) is 0 Å². The summed E-state index contributed by atoms with van der Waals surface area (Å²) in [5, 5.41) is 0. The molecule has 8 heteroatoms. The van der Waals surface area contributed by atoms with E-state index in [-0.39, 0.29) is 35.7 Å². The number of rotatable bonds is 8. The second-order valence-corrected chi connectivity index (χ2v) is 10.7. The predicted molar refractivity (Wildman–Crippen MR) is 128 cm³/mol. The zero-order valence-electron chi connectivity index (χ0n) is 19.6. The van der Waals surface area contributed by atoms with E-state index in [9.17, 15) is 18.0 Å². The Hall–Kier alpha value is -2.71. The molecule has 1 saturated heterocycles. The Bertz CT molecular complexity index is 1080. The number of likely N-dealkylation sites (tertiary alicyclic amines) is 1. The van der Waals surface area contributed by atoms with E-state index in [1.54, 1.807) is 18.7 Å². The zero-order chi connectivity index (χ0) is 24.2. The molecule has 0 aliphatic carbocycles. The van der Waals surface area contributed by atoms with E-state index < -0.39 is 10.0 Å². The number of benzene rings is 2. The molecule has 1 heterocycles. The molecule has 2 aromatic carbocycles. The molecule has 1 aliphatic rings. The van der Waals surface area contributed by atoms with E-state index >= 15 is 0 Å². The standard InChI is InChI=1S/C25H33N3O4S/c1-18-15-19(2)24(20(3)16-18)33(31,32)28(14-9-21-7-5-4-6-8-21)17-23(29)27-12-10-22(11-13-27)25(26)30/h4-8,15-16,22H,9-14,17H2,1-3H3,(H2,26,30). The van der Waals surface area contributed by atoms with Crippen LogP contribution >= 0.6 is 0 Å². The van der Waals surface area contributed by atoms with Gasteiger partial charge in [0.15, 0.2) is 0 Å². The summed E-state index contributed by atoms with van der Waals surface area (Å²) in [6.45, 7) is 6.29. The Kier molecular flexibility index (Phi) is 7.92. The monoisotopic (exact) mass is 471 g/mol. The van der Waals surface area contributed by atoms with Crippen LogP contribution < -0.4 is 5.73 Å². The zero-order valence-corrected chi connectivity index (χ0v) is 20.4. The lowest BCUT2D eigenvalue weighted by atomic mass is 9.96. The molecule has 0 atom stereocenters. The Labute approximate surface area is 196 Å². The Morgan fingerprint density at radius 1 is 1.03 bits per heavy atom. The first-order valence-corrected chi connectivity index (χ1v) is 12.7. The van der Waals surface area contributed by atoms with Gasteiger partial charge in [0.1, 0.15) is 0 Å². The highest BCUT2D eigenvalue weighted by Crippen LogP contribution is 2.26. The van der Waals surface area contributed by atoms with E-state index in [1.807, 2.05) is 49.4 Å². The molecule has 0 bridgehead atoms. The number of carbonyl (C=O) groups is 2. The molecule has 2 aromatic rings. The first-order chi connectivity index (χ1) is 15.6. The van der Waals surface area contributed by atoms with Crippen molar-refractivity contribution in [3.8, 4) is 0 Å². The summed E-state index contributed by atoms with van der Waals surface area (Å²) in [5.41, 5.74) is 8.74. The largest absolute Gasteiger partial charge is 0.369 e. The van der Waals surface area contributed by atoms with Crippen molar-refractivity contribution in [1.82, 2.24) is 9.21 Å². The van der Waals surface area contributed by atoms with Crippen LogP contribution in [0.1, 0.15) is 35.1 Å². The van der Waals surface area contributed by atoms with Crippen molar-refractivity contribution in [3.05, 3.63) is 64.7 Å². The fourth-order valence-electron chi connectivity index (χ4n) is 4.55. The van der Waals surface area contributed by atoms with Crippen molar-refractivity contribution in [1.29, 1.82) is 0 Å². The Morgan fingerprint density at radius 3 is 2.15 bits per heavy atom. The van der Waals surface area contributed by atoms with Gasteiger partial charge in [-0.25, -0.2) is 8.42 Å². The lowest BCUT2D eigenvalue weighted by molar-refractivity contribution is -0.135. The first kappa shape index (κ1) is 24.9. The highest BCUT2D eigenvalue weighted by Gasteiger charge is 2.32. The van der Waals surface area contributed by atoms with E-state index in [2.05, 4.69) is 0 Å². The molecule has 0 saturated carbocycles. The second-order valence-electron chi connectivity index (χ2n) is 8.86.